The molecule has 2 fully saturated rings. The number of rotatable bonds is 8. The molecule has 2 saturated heterocycles. The molecule has 2 aromatic carbocycles. The van der Waals surface area contributed by atoms with Crippen LogP contribution in [0.1, 0.15) is 57.7 Å². The molecule has 0 spiro atoms. The highest BCUT2D eigenvalue weighted by molar-refractivity contribution is 5.96. The van der Waals surface area contributed by atoms with Gasteiger partial charge in [0.25, 0.3) is 11.8 Å². The lowest BCUT2D eigenvalue weighted by Gasteiger charge is -2.32. The zero-order valence-corrected chi connectivity index (χ0v) is 21.9. The highest BCUT2D eigenvalue weighted by atomic mass is 16.2. The first-order chi connectivity index (χ1) is 18.6. The van der Waals surface area contributed by atoms with E-state index < -0.39 is 0 Å². The molecule has 2 aliphatic rings. The van der Waals surface area contributed by atoms with Crippen LogP contribution in [0.3, 0.4) is 0 Å². The van der Waals surface area contributed by atoms with Gasteiger partial charge in [0.15, 0.2) is 0 Å². The molecule has 2 aliphatic heterocycles. The third kappa shape index (κ3) is 7.27. The molecule has 7 heteroatoms. The Kier molecular flexibility index (Phi) is 8.78. The first-order valence-corrected chi connectivity index (χ1v) is 13.7. The lowest BCUT2D eigenvalue weighted by atomic mass is 10.0. The van der Waals surface area contributed by atoms with Gasteiger partial charge in [0.2, 0.25) is 0 Å². The Hall–Kier alpha value is -3.55. The maximum atomic E-state index is 12.8. The van der Waals surface area contributed by atoms with Crippen molar-refractivity contribution in [3.8, 4) is 0 Å². The zero-order valence-electron chi connectivity index (χ0n) is 21.9. The van der Waals surface area contributed by atoms with Crippen LogP contribution in [0.5, 0.6) is 0 Å². The van der Waals surface area contributed by atoms with Crippen molar-refractivity contribution in [1.82, 2.24) is 25.4 Å². The number of likely N-dealkylation sites (tertiary alicyclic amines) is 2. The Morgan fingerprint density at radius 3 is 1.58 bits per heavy atom. The maximum Gasteiger partial charge on any atom is 0.270 e. The van der Waals surface area contributed by atoms with Gasteiger partial charge >= 0.3 is 0 Å². The average Bonchev–Trinajstić information content (AvgIpc) is 2.96. The monoisotopic (exact) mass is 511 g/mol. The molecule has 0 atom stereocenters. The summed E-state index contributed by atoms with van der Waals surface area (Å²) in [4.78, 5) is 34.7. The minimum absolute atomic E-state index is 0.128. The van der Waals surface area contributed by atoms with Crippen LogP contribution < -0.4 is 10.6 Å². The van der Waals surface area contributed by atoms with Crippen molar-refractivity contribution in [3.63, 3.8) is 0 Å². The number of nitrogens with zero attached hydrogens (tertiary/aromatic N) is 3. The van der Waals surface area contributed by atoms with Gasteiger partial charge in [0.1, 0.15) is 5.69 Å². The molecule has 5 rings (SSSR count). The molecule has 0 bridgehead atoms. The number of pyridine rings is 1. The molecule has 0 saturated carbocycles. The molecule has 7 nitrogen and oxygen atoms in total. The summed E-state index contributed by atoms with van der Waals surface area (Å²) in [6.07, 6.45) is 5.21. The fraction of sp³-hybridized carbons (Fsp3) is 0.387. The van der Waals surface area contributed by atoms with Gasteiger partial charge in [-0.05, 0) is 48.9 Å². The lowest BCUT2D eigenvalue weighted by Crippen LogP contribution is -2.44. The van der Waals surface area contributed by atoms with E-state index in [4.69, 9.17) is 0 Å². The minimum atomic E-state index is -0.177. The van der Waals surface area contributed by atoms with Crippen molar-refractivity contribution in [3.05, 3.63) is 101 Å². The zero-order chi connectivity index (χ0) is 26.2. The number of hydrogen-bond donors (Lipinski definition) is 2. The minimum Gasteiger partial charge on any atom is -0.349 e. The van der Waals surface area contributed by atoms with Gasteiger partial charge in [0.05, 0.1) is 5.56 Å². The molecular weight excluding hydrogens is 474 g/mol. The topological polar surface area (TPSA) is 77.6 Å². The SMILES string of the molecule is O=C(NC1CCN(Cc2ccccc2)CC1)c1ccc(C(=O)NC2CCN(Cc3ccccc3)CC2)nc1. The number of hydrogen-bond acceptors (Lipinski definition) is 5. The molecular formula is C31H37N5O2. The molecule has 0 unspecified atom stereocenters. The fourth-order valence-electron chi connectivity index (χ4n) is 5.34. The van der Waals surface area contributed by atoms with Crippen LogP contribution in [0.4, 0.5) is 0 Å². The standard InChI is InChI=1S/C31H37N5O2/c37-30(33-27-13-17-35(18-14-27)22-24-7-3-1-4-8-24)26-11-12-29(32-21-26)31(38)34-28-15-19-36(20-16-28)23-25-9-5-2-6-10-25/h1-12,21,27-28H,13-20,22-23H2,(H,33,37)(H,34,38). The molecule has 0 radical (unpaired) electrons. The van der Waals surface area contributed by atoms with E-state index in [0.717, 1.165) is 65.0 Å². The van der Waals surface area contributed by atoms with E-state index in [1.807, 2.05) is 12.1 Å². The summed E-state index contributed by atoms with van der Waals surface area (Å²) in [7, 11) is 0. The Morgan fingerprint density at radius 2 is 1.13 bits per heavy atom. The third-order valence-electron chi connectivity index (χ3n) is 7.60. The second-order valence-electron chi connectivity index (χ2n) is 10.5. The van der Waals surface area contributed by atoms with Gasteiger partial charge in [0, 0.05) is 57.5 Å². The summed E-state index contributed by atoms with van der Waals surface area (Å²) in [6.45, 7) is 5.72. The van der Waals surface area contributed by atoms with Gasteiger partial charge in [-0.2, -0.15) is 0 Å². The summed E-state index contributed by atoms with van der Waals surface area (Å²) in [5.41, 5.74) is 3.47. The Balaban J connectivity index is 1.03. The molecule has 38 heavy (non-hydrogen) atoms. The van der Waals surface area contributed by atoms with E-state index in [-0.39, 0.29) is 23.9 Å². The number of amides is 2. The Morgan fingerprint density at radius 1 is 0.658 bits per heavy atom. The highest BCUT2D eigenvalue weighted by Gasteiger charge is 2.23. The maximum absolute atomic E-state index is 12.8. The van der Waals surface area contributed by atoms with E-state index in [0.29, 0.717) is 11.3 Å². The number of carbonyl (C=O) groups is 2. The van der Waals surface area contributed by atoms with Crippen molar-refractivity contribution in [2.45, 2.75) is 50.9 Å². The van der Waals surface area contributed by atoms with Crippen LogP contribution in [-0.2, 0) is 13.1 Å². The predicted molar refractivity (Wildman–Crippen MR) is 149 cm³/mol. The first kappa shape index (κ1) is 26.1. The quantitative estimate of drug-likeness (QED) is 0.480. The smallest absolute Gasteiger partial charge is 0.270 e. The van der Waals surface area contributed by atoms with E-state index in [1.165, 1.54) is 17.3 Å². The second kappa shape index (κ2) is 12.8. The van der Waals surface area contributed by atoms with Crippen LogP contribution in [-0.4, -0.2) is 64.9 Å². The molecule has 0 aliphatic carbocycles. The number of aromatic nitrogens is 1. The van der Waals surface area contributed by atoms with Crippen molar-refractivity contribution in [1.29, 1.82) is 0 Å². The first-order valence-electron chi connectivity index (χ1n) is 13.7. The van der Waals surface area contributed by atoms with Crippen LogP contribution in [0.15, 0.2) is 79.0 Å². The number of carbonyl (C=O) groups excluding carboxylic acids is 2. The second-order valence-corrected chi connectivity index (χ2v) is 10.5. The van der Waals surface area contributed by atoms with Crippen molar-refractivity contribution in [2.24, 2.45) is 0 Å². The largest absolute Gasteiger partial charge is 0.349 e. The summed E-state index contributed by atoms with van der Waals surface area (Å²) >= 11 is 0. The van der Waals surface area contributed by atoms with Gasteiger partial charge in [-0.15, -0.1) is 0 Å². The van der Waals surface area contributed by atoms with Crippen molar-refractivity contribution >= 4 is 11.8 Å². The molecule has 2 N–H and O–H groups in total. The number of benzene rings is 2. The number of nitrogens with one attached hydrogen (secondary N) is 2. The summed E-state index contributed by atoms with van der Waals surface area (Å²) in [5, 5.41) is 6.27. The fourth-order valence-corrected chi connectivity index (χ4v) is 5.34. The van der Waals surface area contributed by atoms with Crippen LogP contribution >= 0.6 is 0 Å². The van der Waals surface area contributed by atoms with E-state index >= 15 is 0 Å². The van der Waals surface area contributed by atoms with E-state index in [9.17, 15) is 9.59 Å². The van der Waals surface area contributed by atoms with Gasteiger partial charge in [-0.25, -0.2) is 0 Å². The third-order valence-corrected chi connectivity index (χ3v) is 7.60. The molecule has 198 valence electrons. The number of piperidine rings is 2. The molecule has 3 heterocycles. The van der Waals surface area contributed by atoms with Crippen LogP contribution in [0.2, 0.25) is 0 Å². The normalized spacial score (nSPS) is 17.7. The van der Waals surface area contributed by atoms with Gasteiger partial charge < -0.3 is 10.6 Å². The Labute approximate surface area is 225 Å². The van der Waals surface area contributed by atoms with E-state index in [1.54, 1.807) is 12.1 Å². The van der Waals surface area contributed by atoms with E-state index in [2.05, 4.69) is 73.9 Å². The molecule has 3 aromatic rings. The summed E-state index contributed by atoms with van der Waals surface area (Å²) in [6, 6.07) is 24.6. The lowest BCUT2D eigenvalue weighted by molar-refractivity contribution is 0.0892. The van der Waals surface area contributed by atoms with Crippen molar-refractivity contribution in [2.75, 3.05) is 26.2 Å². The van der Waals surface area contributed by atoms with Crippen molar-refractivity contribution < 1.29 is 9.59 Å². The van der Waals surface area contributed by atoms with Crippen LogP contribution in [0.25, 0.3) is 0 Å². The predicted octanol–water partition coefficient (Wildman–Crippen LogP) is 3.87. The molecule has 2 amide bonds. The highest BCUT2D eigenvalue weighted by Crippen LogP contribution is 2.16. The average molecular weight is 512 g/mol. The van der Waals surface area contributed by atoms with Crippen LogP contribution in [0, 0.1) is 0 Å². The molecule has 1 aromatic heterocycles. The van der Waals surface area contributed by atoms with Gasteiger partial charge in [-0.3, -0.25) is 24.4 Å². The summed E-state index contributed by atoms with van der Waals surface area (Å²) < 4.78 is 0. The van der Waals surface area contributed by atoms with Gasteiger partial charge in [-0.1, -0.05) is 60.7 Å². The Bertz CT molecular complexity index is 1080. The summed E-state index contributed by atoms with van der Waals surface area (Å²) in [5.74, 6) is -0.305.